The van der Waals surface area contributed by atoms with Crippen LogP contribution in [0.2, 0.25) is 0 Å². The van der Waals surface area contributed by atoms with Crippen molar-refractivity contribution in [2.75, 3.05) is 48.9 Å². The highest BCUT2D eigenvalue weighted by Crippen LogP contribution is 2.46. The number of anilines is 2. The number of amides is 2. The maximum atomic E-state index is 13.6. The number of aliphatic hydroxyl groups is 3. The van der Waals surface area contributed by atoms with Crippen LogP contribution in [0.1, 0.15) is 70.4 Å². The third-order valence-electron chi connectivity index (χ3n) is 9.86. The normalized spacial score (nSPS) is 21.1. The Labute approximate surface area is 328 Å². The first-order valence-electron chi connectivity index (χ1n) is 18.8. The van der Waals surface area contributed by atoms with Crippen molar-refractivity contribution < 1.29 is 39.1 Å². The van der Waals surface area contributed by atoms with Crippen LogP contribution < -0.4 is 19.3 Å². The SMILES string of the molecule is CC.CC.CCl.COc1cc2c(c3ccccc13)C(CCl)CN2C(=O)CCCC(=O)N1CCc2c1cc(OC1CC(O)C(O)C(CO)O1)c1ccccc21. The number of ether oxygens (including phenoxy) is 3. The second-order valence-corrected chi connectivity index (χ2v) is 13.0. The van der Waals surface area contributed by atoms with Gasteiger partial charge in [-0.3, -0.25) is 9.59 Å². The molecule has 5 unspecified atom stereocenters. The lowest BCUT2D eigenvalue weighted by Crippen LogP contribution is -2.51. The lowest BCUT2D eigenvalue weighted by Gasteiger charge is -2.36. The summed E-state index contributed by atoms with van der Waals surface area (Å²) in [5.74, 6) is 1.43. The fourth-order valence-corrected chi connectivity index (χ4v) is 7.73. The van der Waals surface area contributed by atoms with E-state index in [1.807, 2.05) is 88.4 Å². The number of methoxy groups -OCH3 is 1. The molecule has 0 aliphatic carbocycles. The highest BCUT2D eigenvalue weighted by molar-refractivity contribution is 6.19. The van der Waals surface area contributed by atoms with E-state index in [-0.39, 0.29) is 37.0 Å². The second-order valence-electron chi connectivity index (χ2n) is 12.7. The molecule has 5 atom stereocenters. The Morgan fingerprint density at radius 1 is 0.852 bits per heavy atom. The van der Waals surface area contributed by atoms with E-state index in [2.05, 4.69) is 11.6 Å². The van der Waals surface area contributed by atoms with Crippen molar-refractivity contribution in [1.29, 1.82) is 0 Å². The Morgan fingerprint density at radius 2 is 1.43 bits per heavy atom. The van der Waals surface area contributed by atoms with E-state index < -0.39 is 31.2 Å². The predicted octanol–water partition coefficient (Wildman–Crippen LogP) is 7.55. The number of alkyl halides is 2. The van der Waals surface area contributed by atoms with Gasteiger partial charge in [0.1, 0.15) is 23.7 Å². The molecule has 0 radical (unpaired) electrons. The zero-order valence-corrected chi connectivity index (χ0v) is 33.6. The summed E-state index contributed by atoms with van der Waals surface area (Å²) in [4.78, 5) is 30.8. The Kier molecular flexibility index (Phi) is 16.2. The molecular formula is C42H54Cl2N2O8. The van der Waals surface area contributed by atoms with Gasteiger partial charge in [0.15, 0.2) is 0 Å². The van der Waals surface area contributed by atoms with Gasteiger partial charge in [0.25, 0.3) is 0 Å². The molecule has 3 heterocycles. The first-order valence-corrected chi connectivity index (χ1v) is 20.1. The average molecular weight is 786 g/mol. The zero-order valence-electron chi connectivity index (χ0n) is 32.1. The van der Waals surface area contributed by atoms with Gasteiger partial charge in [0.2, 0.25) is 18.1 Å². The molecule has 10 nitrogen and oxygen atoms in total. The van der Waals surface area contributed by atoms with Gasteiger partial charge in [0, 0.05) is 73.4 Å². The molecule has 12 heteroatoms. The molecule has 0 saturated carbocycles. The van der Waals surface area contributed by atoms with Crippen LogP contribution in [-0.4, -0.2) is 90.8 Å². The molecule has 54 heavy (non-hydrogen) atoms. The van der Waals surface area contributed by atoms with Crippen LogP contribution in [0.15, 0.2) is 60.7 Å². The van der Waals surface area contributed by atoms with Crippen LogP contribution in [0.5, 0.6) is 11.5 Å². The Hall–Kier alpha value is -3.64. The number of hydrogen-bond donors (Lipinski definition) is 3. The molecule has 7 rings (SSSR count). The van der Waals surface area contributed by atoms with Gasteiger partial charge in [-0.2, -0.15) is 0 Å². The van der Waals surface area contributed by atoms with Gasteiger partial charge in [-0.15, -0.1) is 23.2 Å². The van der Waals surface area contributed by atoms with Crippen molar-refractivity contribution in [3.05, 3.63) is 71.8 Å². The van der Waals surface area contributed by atoms with Crippen molar-refractivity contribution in [2.45, 2.75) is 90.3 Å². The third-order valence-corrected chi connectivity index (χ3v) is 10.2. The molecular weight excluding hydrogens is 731 g/mol. The number of fused-ring (bicyclic) bond motifs is 6. The number of carbonyl (C=O) groups excluding carboxylic acids is 2. The summed E-state index contributed by atoms with van der Waals surface area (Å²) in [7, 11) is 1.63. The lowest BCUT2D eigenvalue weighted by atomic mass is 9.95. The fraction of sp³-hybridized carbons (Fsp3) is 0.476. The minimum Gasteiger partial charge on any atom is -0.496 e. The van der Waals surface area contributed by atoms with E-state index in [4.69, 9.17) is 25.8 Å². The lowest BCUT2D eigenvalue weighted by molar-refractivity contribution is -0.229. The zero-order chi connectivity index (χ0) is 39.5. The van der Waals surface area contributed by atoms with Gasteiger partial charge in [-0.05, 0) is 34.7 Å². The minimum absolute atomic E-state index is 0.00254. The molecule has 0 bridgehead atoms. The van der Waals surface area contributed by atoms with Crippen LogP contribution in [0.3, 0.4) is 0 Å². The van der Waals surface area contributed by atoms with Crippen molar-refractivity contribution in [2.24, 2.45) is 0 Å². The molecule has 0 aromatic heterocycles. The average Bonchev–Trinajstić information content (AvgIpc) is 3.83. The van der Waals surface area contributed by atoms with E-state index in [0.717, 1.165) is 44.0 Å². The number of carbonyl (C=O) groups is 2. The molecule has 3 N–H and O–H groups in total. The molecule has 4 aromatic carbocycles. The first-order chi connectivity index (χ1) is 26.3. The van der Waals surface area contributed by atoms with Gasteiger partial charge in [0.05, 0.1) is 31.2 Å². The summed E-state index contributed by atoms with van der Waals surface area (Å²) < 4.78 is 17.6. The fourth-order valence-electron chi connectivity index (χ4n) is 7.48. The number of hydrogen-bond acceptors (Lipinski definition) is 8. The Bertz CT molecular complexity index is 1870. The number of nitrogens with zero attached hydrogens (tertiary/aromatic N) is 2. The van der Waals surface area contributed by atoms with E-state index >= 15 is 0 Å². The predicted molar refractivity (Wildman–Crippen MR) is 218 cm³/mol. The molecule has 2 amide bonds. The van der Waals surface area contributed by atoms with E-state index in [1.54, 1.807) is 16.9 Å². The molecule has 4 aromatic rings. The molecule has 3 aliphatic rings. The van der Waals surface area contributed by atoms with Crippen LogP contribution >= 0.6 is 23.2 Å². The van der Waals surface area contributed by atoms with E-state index in [0.29, 0.717) is 43.3 Å². The van der Waals surface area contributed by atoms with Gasteiger partial charge in [-0.1, -0.05) is 76.2 Å². The number of aliphatic hydroxyl groups excluding tert-OH is 3. The standard InChI is InChI=1S/C37H39ClN2O8.2C2H6.CH3Cl/c1-46-30-16-28-36(26-10-5-4-9-25(26)30)21(18-38)19-40(28)34(44)12-6-11-33(43)39-14-13-23-22-7-2-3-8-24(22)31(15-27(23)39)47-35-17-29(42)37(45)32(20-41)48-35;3*1-2/h2-5,7-10,15-16,21,29,32,35,37,41-42,45H,6,11-14,17-20H2,1H3;2*1-2H3;1H3. The Morgan fingerprint density at radius 3 is 2.04 bits per heavy atom. The summed E-state index contributed by atoms with van der Waals surface area (Å²) in [6.07, 6.45) is -1.23. The quantitative estimate of drug-likeness (QED) is 0.149. The summed E-state index contributed by atoms with van der Waals surface area (Å²) in [5, 5.41) is 33.9. The van der Waals surface area contributed by atoms with Crippen LogP contribution in [0.25, 0.3) is 21.5 Å². The maximum absolute atomic E-state index is 13.6. The smallest absolute Gasteiger partial charge is 0.227 e. The maximum Gasteiger partial charge on any atom is 0.227 e. The molecule has 294 valence electrons. The Balaban J connectivity index is 0.00000103. The topological polar surface area (TPSA) is 129 Å². The van der Waals surface area contributed by atoms with E-state index in [1.165, 1.54) is 6.38 Å². The van der Waals surface area contributed by atoms with Crippen LogP contribution in [-0.2, 0) is 20.7 Å². The summed E-state index contributed by atoms with van der Waals surface area (Å²) in [6, 6.07) is 19.5. The molecule has 3 aliphatic heterocycles. The molecule has 1 fully saturated rings. The molecule has 0 spiro atoms. The van der Waals surface area contributed by atoms with Gasteiger partial charge in [-0.25, -0.2) is 0 Å². The highest BCUT2D eigenvalue weighted by Gasteiger charge is 2.38. The number of rotatable bonds is 9. The number of benzene rings is 4. The van der Waals surface area contributed by atoms with Gasteiger partial charge >= 0.3 is 0 Å². The van der Waals surface area contributed by atoms with Crippen molar-refractivity contribution in [3.63, 3.8) is 0 Å². The second kappa shape index (κ2) is 20.3. The summed E-state index contributed by atoms with van der Waals surface area (Å²) >= 11 is 11.0. The minimum atomic E-state index is -1.21. The summed E-state index contributed by atoms with van der Waals surface area (Å²) in [6.45, 7) is 8.53. The highest BCUT2D eigenvalue weighted by atomic mass is 35.5. The van der Waals surface area contributed by atoms with Crippen LogP contribution in [0.4, 0.5) is 11.4 Å². The third kappa shape index (κ3) is 8.75. The summed E-state index contributed by atoms with van der Waals surface area (Å²) in [5.41, 5.74) is 3.65. The van der Waals surface area contributed by atoms with Gasteiger partial charge < -0.3 is 39.3 Å². The first kappa shape index (κ1) is 43.1. The largest absolute Gasteiger partial charge is 0.496 e. The number of halogens is 2. The monoisotopic (exact) mass is 784 g/mol. The van der Waals surface area contributed by atoms with Crippen molar-refractivity contribution in [1.82, 2.24) is 0 Å². The van der Waals surface area contributed by atoms with Crippen molar-refractivity contribution in [3.8, 4) is 11.5 Å². The van der Waals surface area contributed by atoms with Crippen molar-refractivity contribution >= 4 is 67.9 Å². The molecule has 1 saturated heterocycles. The van der Waals surface area contributed by atoms with E-state index in [9.17, 15) is 24.9 Å². The van der Waals surface area contributed by atoms with Crippen LogP contribution in [0, 0.1) is 0 Å².